The largest absolute Gasteiger partial charge is 0.203 e. The lowest BCUT2D eigenvalue weighted by Crippen LogP contribution is -2.20. The summed E-state index contributed by atoms with van der Waals surface area (Å²) in [5.41, 5.74) is -6.64. The topological polar surface area (TPSA) is 0 Å². The van der Waals surface area contributed by atoms with Crippen molar-refractivity contribution in [1.29, 1.82) is 0 Å². The third-order valence-corrected chi connectivity index (χ3v) is 3.47. The van der Waals surface area contributed by atoms with Crippen LogP contribution in [0.25, 0.3) is 11.1 Å². The number of rotatable bonds is 1. The molecule has 0 N–H and O–H groups in total. The van der Waals surface area contributed by atoms with Crippen LogP contribution >= 0.6 is 0 Å². The molecule has 2 rings (SSSR count). The number of hydrogen-bond acceptors (Lipinski definition) is 0. The van der Waals surface area contributed by atoms with Crippen LogP contribution in [-0.4, -0.2) is 0 Å². The summed E-state index contributed by atoms with van der Waals surface area (Å²) in [7, 11) is 0. The van der Waals surface area contributed by atoms with Crippen molar-refractivity contribution in [1.82, 2.24) is 0 Å². The molecule has 0 amide bonds. The normalized spacial score (nSPS) is 12.0. The highest BCUT2D eigenvalue weighted by Gasteiger charge is 2.36. The highest BCUT2D eigenvalue weighted by atomic mass is 19.2. The minimum Gasteiger partial charge on any atom is -0.203 e. The molecule has 0 fully saturated rings. The van der Waals surface area contributed by atoms with Gasteiger partial charge in [0.25, 0.3) is 0 Å². The molecule has 0 aliphatic heterocycles. The maximum absolute atomic E-state index is 14.2. The van der Waals surface area contributed by atoms with Gasteiger partial charge < -0.3 is 0 Å². The van der Waals surface area contributed by atoms with E-state index in [1.54, 1.807) is 0 Å². The van der Waals surface area contributed by atoms with Gasteiger partial charge in [-0.25, -0.2) is 39.5 Å². The van der Waals surface area contributed by atoms with E-state index in [1.165, 1.54) is 20.8 Å². The van der Waals surface area contributed by atoms with E-state index in [4.69, 9.17) is 0 Å². The van der Waals surface area contributed by atoms with Gasteiger partial charge in [0, 0.05) is 5.56 Å². The molecule has 0 saturated heterocycles. The highest BCUT2D eigenvalue weighted by molar-refractivity contribution is 5.68. The summed E-state index contributed by atoms with van der Waals surface area (Å²) in [6.45, 7) is 3.60. The van der Waals surface area contributed by atoms with E-state index < -0.39 is 74.5 Å². The van der Waals surface area contributed by atoms with Crippen LogP contribution in [0.5, 0.6) is 0 Å². The first-order valence-corrected chi connectivity index (χ1v) is 6.70. The molecule has 0 aromatic heterocycles. The number of benzene rings is 2. The lowest BCUT2D eigenvalue weighted by molar-refractivity contribution is 0.377. The first-order valence-electron chi connectivity index (χ1n) is 6.70. The summed E-state index contributed by atoms with van der Waals surface area (Å²) < 4.78 is 124. The third-order valence-electron chi connectivity index (χ3n) is 3.47. The average Bonchev–Trinajstić information content (AvgIpc) is 2.51. The molecule has 2 aromatic rings. The van der Waals surface area contributed by atoms with Crippen molar-refractivity contribution in [2.45, 2.75) is 26.2 Å². The Kier molecular flexibility index (Phi) is 4.56. The van der Waals surface area contributed by atoms with Gasteiger partial charge >= 0.3 is 0 Å². The van der Waals surface area contributed by atoms with Gasteiger partial charge in [-0.2, -0.15) is 0 Å². The van der Waals surface area contributed by atoms with Crippen molar-refractivity contribution in [2.75, 3.05) is 0 Å². The molecule has 0 bridgehead atoms. The van der Waals surface area contributed by atoms with Gasteiger partial charge in [0.05, 0.1) is 11.1 Å². The summed E-state index contributed by atoms with van der Waals surface area (Å²) in [5.74, 6) is -21.4. The Hall–Kier alpha value is -2.19. The second kappa shape index (κ2) is 5.96. The zero-order chi connectivity index (χ0) is 19.4. The Labute approximate surface area is 135 Å². The molecule has 2 aromatic carbocycles. The third kappa shape index (κ3) is 2.75. The van der Waals surface area contributed by atoms with Gasteiger partial charge in [-0.1, -0.05) is 20.8 Å². The monoisotopic (exact) mass is 372 g/mol. The van der Waals surface area contributed by atoms with E-state index in [0.29, 0.717) is 0 Å². The Morgan fingerprint density at radius 1 is 0.400 bits per heavy atom. The molecule has 0 radical (unpaired) electrons. The highest BCUT2D eigenvalue weighted by Crippen LogP contribution is 2.40. The van der Waals surface area contributed by atoms with Crippen molar-refractivity contribution in [3.63, 3.8) is 0 Å². The first kappa shape index (κ1) is 19.1. The molecule has 0 unspecified atom stereocenters. The Morgan fingerprint density at radius 3 is 0.920 bits per heavy atom. The lowest BCUT2D eigenvalue weighted by Gasteiger charge is -2.22. The van der Waals surface area contributed by atoms with Crippen LogP contribution in [0.3, 0.4) is 0 Å². The van der Waals surface area contributed by atoms with E-state index in [-0.39, 0.29) is 0 Å². The molecule has 0 heterocycles. The molecule has 25 heavy (non-hydrogen) atoms. The summed E-state index contributed by atoms with van der Waals surface area (Å²) >= 11 is 0. The lowest BCUT2D eigenvalue weighted by atomic mass is 9.84. The van der Waals surface area contributed by atoms with Gasteiger partial charge in [0.1, 0.15) is 0 Å². The summed E-state index contributed by atoms with van der Waals surface area (Å²) in [5, 5.41) is 0. The van der Waals surface area contributed by atoms with Crippen LogP contribution in [0.4, 0.5) is 39.5 Å². The van der Waals surface area contributed by atoms with Crippen molar-refractivity contribution in [3.05, 3.63) is 57.9 Å². The molecule has 136 valence electrons. The first-order chi connectivity index (χ1) is 11.3. The quantitative estimate of drug-likeness (QED) is 0.332. The molecule has 9 heteroatoms. The fourth-order valence-electron chi connectivity index (χ4n) is 2.33. The Balaban J connectivity index is 3.03. The number of halogens is 9. The zero-order valence-electron chi connectivity index (χ0n) is 12.9. The van der Waals surface area contributed by atoms with Crippen LogP contribution in [0.1, 0.15) is 26.3 Å². The van der Waals surface area contributed by atoms with Crippen LogP contribution in [0.15, 0.2) is 0 Å². The van der Waals surface area contributed by atoms with Crippen LogP contribution < -0.4 is 0 Å². The standard InChI is InChI=1S/C16H9F9/c1-16(2,3)6-11(21)7(17)4(8(18)12(6)22)5-9(19)13(23)15(25)14(24)10(5)20/h1-3H3. The van der Waals surface area contributed by atoms with Crippen molar-refractivity contribution in [3.8, 4) is 11.1 Å². The van der Waals surface area contributed by atoms with Gasteiger partial charge in [0.15, 0.2) is 46.5 Å². The second-order valence-electron chi connectivity index (χ2n) is 6.20. The van der Waals surface area contributed by atoms with E-state index in [0.717, 1.165) is 0 Å². The fraction of sp³-hybridized carbons (Fsp3) is 0.250. The molecular formula is C16H9F9. The molecule has 0 saturated carbocycles. The molecule has 0 nitrogen and oxygen atoms in total. The zero-order valence-corrected chi connectivity index (χ0v) is 12.9. The van der Waals surface area contributed by atoms with Crippen LogP contribution in [0, 0.1) is 52.4 Å². The number of hydrogen-bond donors (Lipinski definition) is 0. The Morgan fingerprint density at radius 2 is 0.640 bits per heavy atom. The predicted octanol–water partition coefficient (Wildman–Crippen LogP) is 5.90. The van der Waals surface area contributed by atoms with Crippen molar-refractivity contribution < 1.29 is 39.5 Å². The maximum Gasteiger partial charge on any atom is 0.200 e. The van der Waals surface area contributed by atoms with Crippen LogP contribution in [0.2, 0.25) is 0 Å². The van der Waals surface area contributed by atoms with Gasteiger partial charge in [-0.15, -0.1) is 0 Å². The van der Waals surface area contributed by atoms with Crippen LogP contribution in [-0.2, 0) is 5.41 Å². The Bertz CT molecular complexity index is 821. The van der Waals surface area contributed by atoms with Crippen molar-refractivity contribution >= 4 is 0 Å². The summed E-state index contributed by atoms with van der Waals surface area (Å²) in [4.78, 5) is 0. The predicted molar refractivity (Wildman–Crippen MR) is 70.2 cm³/mol. The van der Waals surface area contributed by atoms with E-state index >= 15 is 0 Å². The molecular weight excluding hydrogens is 363 g/mol. The second-order valence-corrected chi connectivity index (χ2v) is 6.20. The molecule has 0 aliphatic rings. The smallest absolute Gasteiger partial charge is 0.200 e. The van der Waals surface area contributed by atoms with E-state index in [2.05, 4.69) is 0 Å². The average molecular weight is 372 g/mol. The van der Waals surface area contributed by atoms with E-state index in [9.17, 15) is 39.5 Å². The molecule has 0 aliphatic carbocycles. The molecule has 0 spiro atoms. The van der Waals surface area contributed by atoms with E-state index in [1.807, 2.05) is 0 Å². The minimum absolute atomic E-state index is 1.07. The van der Waals surface area contributed by atoms with Gasteiger partial charge in [0.2, 0.25) is 5.82 Å². The SMILES string of the molecule is CC(C)(C)c1c(F)c(F)c(-c2c(F)c(F)c(F)c(F)c2F)c(F)c1F. The fourth-order valence-corrected chi connectivity index (χ4v) is 2.33. The van der Waals surface area contributed by atoms with Gasteiger partial charge in [-0.05, 0) is 5.41 Å². The summed E-state index contributed by atoms with van der Waals surface area (Å²) in [6, 6.07) is 0. The summed E-state index contributed by atoms with van der Waals surface area (Å²) in [6.07, 6.45) is 0. The maximum atomic E-state index is 14.2. The van der Waals surface area contributed by atoms with Crippen molar-refractivity contribution in [2.24, 2.45) is 0 Å². The molecule has 0 atom stereocenters. The van der Waals surface area contributed by atoms with Gasteiger partial charge in [-0.3, -0.25) is 0 Å². The minimum atomic E-state index is -2.59.